The maximum atomic E-state index is 13.0. The zero-order valence-corrected chi connectivity index (χ0v) is 14.8. The van der Waals surface area contributed by atoms with Gasteiger partial charge in [0.2, 0.25) is 0 Å². The normalized spacial score (nSPS) is 11.8. The Labute approximate surface area is 152 Å². The van der Waals surface area contributed by atoms with E-state index in [1.807, 2.05) is 0 Å². The highest BCUT2D eigenvalue weighted by atomic mass is 32.1. The molecule has 0 aliphatic rings. The number of aryl methyl sites for hydroxylation is 1. The number of nitrogens with zero attached hydrogens (tertiary/aromatic N) is 1. The molecule has 1 N–H and O–H groups in total. The Balaban J connectivity index is 1.62. The second-order valence-corrected chi connectivity index (χ2v) is 6.61. The number of thiophene rings is 1. The van der Waals surface area contributed by atoms with Gasteiger partial charge in [-0.15, -0.1) is 11.3 Å². The van der Waals surface area contributed by atoms with Gasteiger partial charge in [0.15, 0.2) is 11.9 Å². The Morgan fingerprint density at radius 2 is 1.96 bits per heavy atom. The molecular weight excluding hydrogens is 359 g/mol. The van der Waals surface area contributed by atoms with E-state index in [0.29, 0.717) is 10.6 Å². The van der Waals surface area contributed by atoms with Crippen molar-refractivity contribution in [3.8, 4) is 10.4 Å². The first-order valence-corrected chi connectivity index (χ1v) is 8.55. The molecule has 6 nitrogen and oxygen atoms in total. The lowest BCUT2D eigenvalue weighted by Gasteiger charge is -2.11. The fourth-order valence-electron chi connectivity index (χ4n) is 2.14. The number of hydrogen-bond donors (Lipinski definition) is 1. The van der Waals surface area contributed by atoms with E-state index in [0.717, 1.165) is 10.4 Å². The molecule has 134 valence electrons. The van der Waals surface area contributed by atoms with E-state index in [9.17, 15) is 14.0 Å². The number of aromatic nitrogens is 1. The summed E-state index contributed by atoms with van der Waals surface area (Å²) in [6, 6.07) is 10.9. The van der Waals surface area contributed by atoms with Crippen molar-refractivity contribution in [2.45, 2.75) is 20.0 Å². The average molecular weight is 374 g/mol. The lowest BCUT2D eigenvalue weighted by molar-refractivity contribution is -0.123. The number of nitrogens with one attached hydrogen (secondary N) is 1. The number of benzene rings is 1. The topological polar surface area (TPSA) is 81.4 Å². The Morgan fingerprint density at radius 1 is 1.23 bits per heavy atom. The lowest BCUT2D eigenvalue weighted by atomic mass is 10.2. The summed E-state index contributed by atoms with van der Waals surface area (Å²) in [5, 5.41) is 6.15. The summed E-state index contributed by atoms with van der Waals surface area (Å²) in [5.41, 5.74) is 0.794. The minimum atomic E-state index is -1.00. The van der Waals surface area contributed by atoms with Crippen LogP contribution in [0.25, 0.3) is 10.4 Å². The molecule has 0 radical (unpaired) electrons. The first-order valence-electron chi connectivity index (χ1n) is 7.73. The standard InChI is InChI=1S/C18H15FN2O4S/c1-10-9-16(21-25-10)20-17(22)11(2)24-18(23)15-8-7-14(26-15)12-3-5-13(19)6-4-12/h3-9,11H,1-2H3,(H,20,21,22)/t11-/m1/s1. The minimum Gasteiger partial charge on any atom is -0.448 e. The summed E-state index contributed by atoms with van der Waals surface area (Å²) in [5.74, 6) is -0.640. The third-order valence-electron chi connectivity index (χ3n) is 3.47. The Kier molecular flexibility index (Phi) is 5.13. The summed E-state index contributed by atoms with van der Waals surface area (Å²) in [6.45, 7) is 3.16. The van der Waals surface area contributed by atoms with E-state index in [1.54, 1.807) is 37.3 Å². The highest BCUT2D eigenvalue weighted by Crippen LogP contribution is 2.28. The first-order chi connectivity index (χ1) is 12.4. The predicted molar refractivity (Wildman–Crippen MR) is 94.5 cm³/mol. The van der Waals surface area contributed by atoms with Crippen LogP contribution in [0.5, 0.6) is 0 Å². The minimum absolute atomic E-state index is 0.255. The maximum Gasteiger partial charge on any atom is 0.349 e. The van der Waals surface area contributed by atoms with Crippen molar-refractivity contribution in [3.05, 3.63) is 58.9 Å². The quantitative estimate of drug-likeness (QED) is 0.682. The van der Waals surface area contributed by atoms with E-state index in [2.05, 4.69) is 10.5 Å². The number of hydrogen-bond acceptors (Lipinski definition) is 6. The Bertz CT molecular complexity index is 933. The molecule has 3 rings (SSSR count). The van der Waals surface area contributed by atoms with Gasteiger partial charge in [0.1, 0.15) is 16.5 Å². The Hall–Kier alpha value is -3.00. The van der Waals surface area contributed by atoms with Crippen LogP contribution in [0.3, 0.4) is 0 Å². The van der Waals surface area contributed by atoms with Crippen molar-refractivity contribution >= 4 is 29.0 Å². The van der Waals surface area contributed by atoms with E-state index in [-0.39, 0.29) is 11.6 Å². The van der Waals surface area contributed by atoms with Crippen molar-refractivity contribution < 1.29 is 23.2 Å². The second-order valence-electron chi connectivity index (χ2n) is 5.53. The number of carbonyl (C=O) groups excluding carboxylic acids is 2. The van der Waals surface area contributed by atoms with Gasteiger partial charge in [0, 0.05) is 10.9 Å². The molecule has 0 spiro atoms. The van der Waals surface area contributed by atoms with Gasteiger partial charge in [-0.25, -0.2) is 9.18 Å². The van der Waals surface area contributed by atoms with Gasteiger partial charge in [-0.2, -0.15) is 0 Å². The van der Waals surface area contributed by atoms with Crippen LogP contribution < -0.4 is 5.32 Å². The molecule has 1 atom stereocenters. The number of halogens is 1. The first kappa shape index (κ1) is 17.8. The summed E-state index contributed by atoms with van der Waals surface area (Å²) >= 11 is 1.20. The summed E-state index contributed by atoms with van der Waals surface area (Å²) < 4.78 is 23.0. The van der Waals surface area contributed by atoms with Crippen molar-refractivity contribution in [3.63, 3.8) is 0 Å². The fraction of sp³-hybridized carbons (Fsp3) is 0.167. The second kappa shape index (κ2) is 7.49. The molecule has 1 amide bonds. The predicted octanol–water partition coefficient (Wildman–Crippen LogP) is 4.03. The van der Waals surface area contributed by atoms with Crippen LogP contribution in [-0.4, -0.2) is 23.1 Å². The van der Waals surface area contributed by atoms with Crippen LogP contribution in [0.1, 0.15) is 22.4 Å². The molecule has 2 aromatic heterocycles. The highest BCUT2D eigenvalue weighted by Gasteiger charge is 2.21. The van der Waals surface area contributed by atoms with Crippen molar-refractivity contribution in [1.82, 2.24) is 5.16 Å². The molecule has 26 heavy (non-hydrogen) atoms. The number of carbonyl (C=O) groups is 2. The van der Waals surface area contributed by atoms with Gasteiger partial charge in [-0.05, 0) is 43.7 Å². The van der Waals surface area contributed by atoms with Gasteiger partial charge in [0.25, 0.3) is 5.91 Å². The third kappa shape index (κ3) is 4.15. The molecule has 0 fully saturated rings. The zero-order valence-electron chi connectivity index (χ0n) is 14.0. The molecule has 0 saturated carbocycles. The van der Waals surface area contributed by atoms with Gasteiger partial charge in [-0.1, -0.05) is 17.3 Å². The summed E-state index contributed by atoms with van der Waals surface area (Å²) in [4.78, 5) is 25.4. The van der Waals surface area contributed by atoms with Crippen molar-refractivity contribution in [2.75, 3.05) is 5.32 Å². The number of ether oxygens (including phenoxy) is 1. The number of amides is 1. The van der Waals surface area contributed by atoms with Crippen LogP contribution in [0.4, 0.5) is 10.2 Å². The molecule has 0 saturated heterocycles. The largest absolute Gasteiger partial charge is 0.448 e. The van der Waals surface area contributed by atoms with Crippen LogP contribution in [0, 0.1) is 12.7 Å². The van der Waals surface area contributed by atoms with Crippen LogP contribution in [-0.2, 0) is 9.53 Å². The molecule has 8 heteroatoms. The van der Waals surface area contributed by atoms with Crippen molar-refractivity contribution in [2.24, 2.45) is 0 Å². The Morgan fingerprint density at radius 3 is 2.62 bits per heavy atom. The summed E-state index contributed by atoms with van der Waals surface area (Å²) in [6.07, 6.45) is -1.00. The molecule has 0 unspecified atom stereocenters. The summed E-state index contributed by atoms with van der Waals surface area (Å²) in [7, 11) is 0. The van der Waals surface area contributed by atoms with E-state index in [1.165, 1.54) is 30.4 Å². The number of anilines is 1. The van der Waals surface area contributed by atoms with Gasteiger partial charge < -0.3 is 14.6 Å². The van der Waals surface area contributed by atoms with Crippen molar-refractivity contribution in [1.29, 1.82) is 0 Å². The zero-order chi connectivity index (χ0) is 18.7. The van der Waals surface area contributed by atoms with Gasteiger partial charge in [-0.3, -0.25) is 4.79 Å². The van der Waals surface area contributed by atoms with Crippen LogP contribution in [0.15, 0.2) is 47.0 Å². The highest BCUT2D eigenvalue weighted by molar-refractivity contribution is 7.17. The average Bonchev–Trinajstić information content (AvgIpc) is 3.25. The molecule has 3 aromatic rings. The smallest absolute Gasteiger partial charge is 0.349 e. The monoisotopic (exact) mass is 374 g/mol. The number of esters is 1. The molecule has 0 bridgehead atoms. The molecule has 0 aliphatic heterocycles. The molecule has 0 aliphatic carbocycles. The molecule has 2 heterocycles. The lowest BCUT2D eigenvalue weighted by Crippen LogP contribution is -2.29. The maximum absolute atomic E-state index is 13.0. The third-order valence-corrected chi connectivity index (χ3v) is 4.58. The van der Waals surface area contributed by atoms with E-state index < -0.39 is 18.0 Å². The van der Waals surface area contributed by atoms with E-state index >= 15 is 0 Å². The number of rotatable bonds is 5. The SMILES string of the molecule is Cc1cc(NC(=O)[C@@H](C)OC(=O)c2ccc(-c3ccc(F)cc3)s2)no1. The molecule has 1 aromatic carbocycles. The fourth-order valence-corrected chi connectivity index (χ4v) is 3.04. The van der Waals surface area contributed by atoms with Gasteiger partial charge in [0.05, 0.1) is 0 Å². The van der Waals surface area contributed by atoms with Gasteiger partial charge >= 0.3 is 5.97 Å². The van der Waals surface area contributed by atoms with Crippen LogP contribution >= 0.6 is 11.3 Å². The van der Waals surface area contributed by atoms with E-state index in [4.69, 9.17) is 9.26 Å². The molecular formula is C18H15FN2O4S. The van der Waals surface area contributed by atoms with Crippen LogP contribution in [0.2, 0.25) is 0 Å².